The number of benzene rings is 12. The average Bonchev–Trinajstić information content (AvgIpc) is 0.896. The standard InChI is InChI=1S/4C18H15P.2C3H3N3S3.2Cu.H2O/c4*1-4-10-16(11-5-1)19(17-12-6-2-7-13-17)18-14-8-3-9-15-18;2*7-1-4-2(8)6-3(9)5-1;;;/h4*1-15H;2*(H3,4,5,6,7,8,9);;;1H2/q;;;;;;2*+1;/p+2. The molecule has 14 aromatic rings. The van der Waals surface area contributed by atoms with Gasteiger partial charge in [-0.05, 0) is 146 Å². The summed E-state index contributed by atoms with van der Waals surface area (Å²) in [6.07, 6.45) is 0. The summed E-state index contributed by atoms with van der Waals surface area (Å²) in [7, 11) is -3.51. The molecule has 492 valence electrons. The predicted octanol–water partition coefficient (Wildman–Crippen LogP) is 14.9. The van der Waals surface area contributed by atoms with Crippen LogP contribution in [0, 0.1) is 28.6 Å². The van der Waals surface area contributed by atoms with Gasteiger partial charge in [0.15, 0.2) is 0 Å². The van der Waals surface area contributed by atoms with E-state index in [0.717, 1.165) is 0 Å². The minimum Gasteiger partial charge on any atom is -0.412 e. The Morgan fingerprint density at radius 1 is 0.175 bits per heavy atom. The summed E-state index contributed by atoms with van der Waals surface area (Å²) in [5.74, 6) is 0. The topological polar surface area (TPSA) is 123 Å². The van der Waals surface area contributed by atoms with Crippen LogP contribution in [0.15, 0.2) is 364 Å². The van der Waals surface area contributed by atoms with E-state index in [4.69, 9.17) is 24.4 Å². The molecule has 0 unspecified atom stereocenters. The Bertz CT molecular complexity index is 3740. The molecule has 0 aliphatic carbocycles. The Kier molecular flexibility index (Phi) is 35.6. The van der Waals surface area contributed by atoms with E-state index in [0.29, 0.717) is 28.6 Å². The second-order valence-electron chi connectivity index (χ2n) is 20.5. The zero-order valence-corrected chi connectivity index (χ0v) is 62.9. The number of rotatable bonds is 12. The summed E-state index contributed by atoms with van der Waals surface area (Å²) in [5.41, 5.74) is 0. The Labute approximate surface area is 624 Å². The van der Waals surface area contributed by atoms with E-state index < -0.39 is 31.7 Å². The van der Waals surface area contributed by atoms with Gasteiger partial charge in [0.1, 0.15) is 63.7 Å². The van der Waals surface area contributed by atoms with Gasteiger partial charge in [0, 0.05) is 0 Å². The molecule has 0 radical (unpaired) electrons. The van der Waals surface area contributed by atoms with E-state index in [-0.39, 0.29) is 39.6 Å². The Balaban J connectivity index is 0.000000187. The monoisotopic (exact) mass is 1550 g/mol. The average molecular weight is 1550 g/mol. The second kappa shape index (κ2) is 43.9. The molecule has 19 heteroatoms. The summed E-state index contributed by atoms with van der Waals surface area (Å²) < 4.78 is 2.13. The van der Waals surface area contributed by atoms with Crippen LogP contribution >= 0.6 is 105 Å². The van der Waals surface area contributed by atoms with Crippen LogP contribution in [0.25, 0.3) is 0 Å². The Morgan fingerprint density at radius 2 is 0.268 bits per heavy atom. The molecule has 0 bridgehead atoms. The number of aromatic amines is 4. The Morgan fingerprint density at radius 3 is 0.351 bits per heavy atom. The van der Waals surface area contributed by atoms with E-state index in [1.54, 1.807) is 0 Å². The molecule has 0 saturated carbocycles. The number of H-pyrrole nitrogens is 4. The van der Waals surface area contributed by atoms with Crippen molar-refractivity contribution in [3.63, 3.8) is 0 Å². The molecule has 2 aromatic heterocycles. The van der Waals surface area contributed by atoms with Gasteiger partial charge in [0.2, 0.25) is 0 Å². The fourth-order valence-electron chi connectivity index (χ4n) is 10.0. The summed E-state index contributed by atoms with van der Waals surface area (Å²) >= 11 is 28.1. The van der Waals surface area contributed by atoms with E-state index in [2.05, 4.69) is 443 Å². The van der Waals surface area contributed by atoms with Gasteiger partial charge in [-0.25, -0.2) is 0 Å². The van der Waals surface area contributed by atoms with Gasteiger partial charge >= 0.3 is 34.1 Å². The van der Waals surface area contributed by atoms with Crippen LogP contribution in [0.4, 0.5) is 0 Å². The molecule has 0 fully saturated rings. The molecule has 14 rings (SSSR count). The van der Waals surface area contributed by atoms with E-state index in [1.807, 2.05) is 0 Å². The van der Waals surface area contributed by atoms with Crippen LogP contribution in [0.1, 0.15) is 0 Å². The van der Waals surface area contributed by atoms with Crippen molar-refractivity contribution in [2.75, 3.05) is 0 Å². The zero-order valence-electron chi connectivity index (χ0n) is 52.1. The maximum Gasteiger partial charge on any atom is 1.00 e. The predicted molar refractivity (Wildman–Crippen MR) is 432 cm³/mol. The summed E-state index contributed by atoms with van der Waals surface area (Å²) in [5, 5.41) is 17.2. The fourth-order valence-corrected chi connectivity index (χ4v) is 21.8. The quantitative estimate of drug-likeness (QED) is 0.0542. The molecule has 0 amide bonds. The molecule has 0 spiro atoms. The summed E-state index contributed by atoms with van der Waals surface area (Å²) in [4.78, 5) is 17.8. The van der Waals surface area contributed by atoms with Crippen molar-refractivity contribution in [3.8, 4) is 0 Å². The molecule has 0 saturated heterocycles. The van der Waals surface area contributed by atoms with Crippen LogP contribution in [0.5, 0.6) is 0 Å². The normalized spacial score (nSPS) is 10.0. The first kappa shape index (κ1) is 78.7. The molecule has 0 atom stereocenters. The van der Waals surface area contributed by atoms with Gasteiger partial charge in [-0.2, -0.15) is 0 Å². The molecule has 7 nitrogen and oxygen atoms in total. The third-order valence-corrected chi connectivity index (χ3v) is 26.1. The fraction of sp³-hybridized carbons (Fsp3) is 0. The van der Waals surface area contributed by atoms with Crippen molar-refractivity contribution < 1.29 is 39.6 Å². The van der Waals surface area contributed by atoms with E-state index in [9.17, 15) is 0 Å². The van der Waals surface area contributed by atoms with Crippen molar-refractivity contribution >= 4 is 169 Å². The molecule has 6 N–H and O–H groups in total. The number of aromatic nitrogens is 6. The smallest absolute Gasteiger partial charge is 0.412 e. The molecule has 2 heterocycles. The molecule has 97 heavy (non-hydrogen) atoms. The summed E-state index contributed by atoms with van der Waals surface area (Å²) in [6.45, 7) is 0. The van der Waals surface area contributed by atoms with E-state index in [1.165, 1.54) is 63.7 Å². The molecule has 0 aliphatic heterocycles. The largest absolute Gasteiger partial charge is 1.00 e. The van der Waals surface area contributed by atoms with Crippen molar-refractivity contribution in [1.82, 2.24) is 29.9 Å². The maximum absolute atomic E-state index is 4.70. The van der Waals surface area contributed by atoms with E-state index >= 15 is 0 Å². The van der Waals surface area contributed by atoms with Crippen molar-refractivity contribution in [2.45, 2.75) is 0 Å². The first-order valence-corrected chi connectivity index (χ1v) is 38.5. The maximum atomic E-state index is 4.70. The van der Waals surface area contributed by atoms with Gasteiger partial charge in [-0.15, -0.1) is 0 Å². The summed E-state index contributed by atoms with van der Waals surface area (Å²) in [6, 6.07) is 130. The Hall–Kier alpha value is -7.30. The zero-order chi connectivity index (χ0) is 65.4. The van der Waals surface area contributed by atoms with Crippen LogP contribution in [0.2, 0.25) is 0 Å². The molecule has 0 aliphatic rings. The number of hydrogen-bond acceptors (Lipinski definition) is 6. The molecule has 12 aromatic carbocycles. The van der Waals surface area contributed by atoms with Gasteiger partial charge in [-0.1, -0.05) is 292 Å². The SMILES string of the molecule is O.S=c1[n-]c(=S)[nH]c(=S)[nH]1.S=c1[n-]c(=S)[nH]c(=S)[nH]1.[Cu+].[Cu+].c1ccc([PH+](c2ccccc2)c2ccccc2)cc1.c1ccc([PH+](c2ccccc2)c2ccccc2)cc1.c1ccc([PH+](c2ccccc2)c2ccccc2)cc1.c1ccc([PH+](c2ccccc2)c2ccccc2)cc1. The first-order valence-electron chi connectivity index (χ1n) is 30.0. The minimum atomic E-state index is -0.877. The van der Waals surface area contributed by atoms with Crippen molar-refractivity contribution in [3.05, 3.63) is 393 Å². The molecular formula is C78H70Cu2N6OP4S6+4. The van der Waals surface area contributed by atoms with Crippen molar-refractivity contribution in [1.29, 1.82) is 0 Å². The third-order valence-electron chi connectivity index (χ3n) is 14.0. The first-order chi connectivity index (χ1) is 46.2. The van der Waals surface area contributed by atoms with Gasteiger partial charge in [0.05, 0.1) is 60.3 Å². The van der Waals surface area contributed by atoms with Gasteiger partial charge in [-0.3, -0.25) is 0 Å². The number of nitrogens with one attached hydrogen (secondary N) is 4. The second-order valence-corrected chi connectivity index (χ2v) is 32.8. The van der Waals surface area contributed by atoms with Crippen molar-refractivity contribution in [2.24, 2.45) is 0 Å². The third kappa shape index (κ3) is 25.8. The number of hydrogen-bond donors (Lipinski definition) is 4. The number of nitrogens with zero attached hydrogens (tertiary/aromatic N) is 2. The van der Waals surface area contributed by atoms with Gasteiger partial charge < -0.3 is 35.4 Å². The minimum absolute atomic E-state index is 0. The van der Waals surface area contributed by atoms with Crippen LogP contribution in [0.3, 0.4) is 0 Å². The molecular weight excluding hydrogens is 1480 g/mol. The van der Waals surface area contributed by atoms with Gasteiger partial charge in [0.25, 0.3) is 0 Å². The van der Waals surface area contributed by atoms with Crippen LogP contribution < -0.4 is 73.6 Å². The van der Waals surface area contributed by atoms with Crippen LogP contribution in [-0.2, 0) is 34.1 Å². The van der Waals surface area contributed by atoms with Crippen LogP contribution in [-0.4, -0.2) is 25.4 Å².